The molecule has 0 atom stereocenters. The molecule has 12 heteroatoms. The smallest absolute Gasteiger partial charge is 0.285 e. The molecule has 1 saturated heterocycles. The van der Waals surface area contributed by atoms with E-state index in [2.05, 4.69) is 21.4 Å². The predicted molar refractivity (Wildman–Crippen MR) is 155 cm³/mol. The molecule has 0 radical (unpaired) electrons. The lowest BCUT2D eigenvalue weighted by atomic mass is 10.1. The maximum Gasteiger partial charge on any atom is 0.285 e. The average Bonchev–Trinajstić information content (AvgIpc) is 3.11. The van der Waals surface area contributed by atoms with E-state index in [9.17, 15) is 9.59 Å². The largest absolute Gasteiger partial charge is 0.493 e. The number of halogens is 4. The minimum absolute atomic E-state index is 0.191. The standard InChI is InChI=1S/C25H16BrCl3N2O4S2/c1-34-20-9-13(8-18(26)22(20)35-12-15-4-7-17(28)11-19(15)29)10-21-24(33)31(25(36)37-21)30-23(32)14-2-5-16(27)6-3-14/h2-11H,12H2,1H3,(H,30,32)/b21-10+. The van der Waals surface area contributed by atoms with Gasteiger partial charge in [-0.15, -0.1) is 0 Å². The molecule has 0 unspecified atom stereocenters. The second-order valence-corrected chi connectivity index (χ2v) is 11.3. The first-order chi connectivity index (χ1) is 17.7. The third-order valence-electron chi connectivity index (χ3n) is 5.05. The molecular weight excluding hydrogens is 643 g/mol. The van der Waals surface area contributed by atoms with E-state index in [1.807, 2.05) is 0 Å². The van der Waals surface area contributed by atoms with Crippen molar-refractivity contribution in [1.82, 2.24) is 10.4 Å². The quantitative estimate of drug-likeness (QED) is 0.209. The summed E-state index contributed by atoms with van der Waals surface area (Å²) in [4.78, 5) is 25.9. The SMILES string of the molecule is COc1cc(/C=C2/SC(=S)N(NC(=O)c3ccc(Cl)cc3)C2=O)cc(Br)c1OCc1ccc(Cl)cc1Cl. The lowest BCUT2D eigenvalue weighted by Gasteiger charge is -2.15. The van der Waals surface area contributed by atoms with Gasteiger partial charge in [0.15, 0.2) is 15.8 Å². The second-order valence-electron chi connectivity index (χ2n) is 7.52. The van der Waals surface area contributed by atoms with E-state index in [-0.39, 0.29) is 10.9 Å². The molecule has 0 aliphatic carbocycles. The van der Waals surface area contributed by atoms with Crippen LogP contribution in [0.3, 0.4) is 0 Å². The molecule has 3 aromatic carbocycles. The highest BCUT2D eigenvalue weighted by molar-refractivity contribution is 9.10. The van der Waals surface area contributed by atoms with Gasteiger partial charge in [0.05, 0.1) is 16.5 Å². The van der Waals surface area contributed by atoms with Crippen molar-refractivity contribution in [1.29, 1.82) is 0 Å². The van der Waals surface area contributed by atoms with Crippen LogP contribution in [0.15, 0.2) is 64.0 Å². The van der Waals surface area contributed by atoms with Crippen molar-refractivity contribution in [2.45, 2.75) is 6.61 Å². The van der Waals surface area contributed by atoms with Crippen LogP contribution in [0, 0.1) is 0 Å². The van der Waals surface area contributed by atoms with Gasteiger partial charge in [0.25, 0.3) is 11.8 Å². The summed E-state index contributed by atoms with van der Waals surface area (Å²) in [7, 11) is 1.51. The lowest BCUT2D eigenvalue weighted by Crippen LogP contribution is -2.44. The summed E-state index contributed by atoms with van der Waals surface area (Å²) < 4.78 is 12.3. The van der Waals surface area contributed by atoms with Crippen LogP contribution in [-0.4, -0.2) is 28.3 Å². The Morgan fingerprint density at radius 1 is 1.11 bits per heavy atom. The summed E-state index contributed by atoms with van der Waals surface area (Å²) >= 11 is 28.0. The summed E-state index contributed by atoms with van der Waals surface area (Å²) in [6.07, 6.45) is 1.65. The Balaban J connectivity index is 1.51. The number of hydrogen-bond donors (Lipinski definition) is 1. The molecule has 1 N–H and O–H groups in total. The number of hydrogen-bond acceptors (Lipinski definition) is 6. The van der Waals surface area contributed by atoms with E-state index in [1.54, 1.807) is 60.7 Å². The second kappa shape index (κ2) is 12.1. The zero-order valence-corrected chi connectivity index (χ0v) is 24.4. The number of carbonyl (C=O) groups is 2. The molecule has 37 heavy (non-hydrogen) atoms. The van der Waals surface area contributed by atoms with Gasteiger partial charge in [-0.2, -0.15) is 5.01 Å². The summed E-state index contributed by atoms with van der Waals surface area (Å²) in [5.74, 6) is -0.0308. The summed E-state index contributed by atoms with van der Waals surface area (Å²) in [5.41, 5.74) is 4.29. The topological polar surface area (TPSA) is 67.9 Å². The van der Waals surface area contributed by atoms with Crippen LogP contribution in [0.5, 0.6) is 11.5 Å². The first-order valence-corrected chi connectivity index (χ1v) is 13.6. The van der Waals surface area contributed by atoms with Gasteiger partial charge in [-0.05, 0) is 88.3 Å². The van der Waals surface area contributed by atoms with Gasteiger partial charge in [-0.25, -0.2) is 0 Å². The van der Waals surface area contributed by atoms with Gasteiger partial charge in [-0.1, -0.05) is 52.6 Å². The Labute approximate surface area is 245 Å². The molecule has 1 aliphatic heterocycles. The van der Waals surface area contributed by atoms with E-state index in [0.717, 1.165) is 22.3 Å². The third-order valence-corrected chi connectivity index (χ3v) is 7.78. The van der Waals surface area contributed by atoms with Crippen molar-refractivity contribution in [2.75, 3.05) is 7.11 Å². The van der Waals surface area contributed by atoms with E-state index in [4.69, 9.17) is 56.5 Å². The fourth-order valence-corrected chi connectivity index (χ4v) is 5.58. The molecule has 190 valence electrons. The Morgan fingerprint density at radius 2 is 1.81 bits per heavy atom. The van der Waals surface area contributed by atoms with Gasteiger partial charge in [0, 0.05) is 26.2 Å². The van der Waals surface area contributed by atoms with E-state index >= 15 is 0 Å². The number of amides is 2. The van der Waals surface area contributed by atoms with Crippen LogP contribution in [0.2, 0.25) is 15.1 Å². The van der Waals surface area contributed by atoms with Crippen molar-refractivity contribution in [2.24, 2.45) is 0 Å². The molecule has 0 spiro atoms. The van der Waals surface area contributed by atoms with Gasteiger partial charge < -0.3 is 9.47 Å². The lowest BCUT2D eigenvalue weighted by molar-refractivity contribution is -0.123. The Morgan fingerprint density at radius 3 is 2.49 bits per heavy atom. The minimum Gasteiger partial charge on any atom is -0.493 e. The highest BCUT2D eigenvalue weighted by atomic mass is 79.9. The maximum atomic E-state index is 13.0. The number of rotatable bonds is 7. The number of nitrogens with zero attached hydrogens (tertiary/aromatic N) is 1. The van der Waals surface area contributed by atoms with Crippen molar-refractivity contribution in [3.05, 3.63) is 95.7 Å². The Bertz CT molecular complexity index is 1430. The first-order valence-electron chi connectivity index (χ1n) is 10.4. The Hall–Kier alpha value is -2.27. The molecule has 3 aromatic rings. The number of ether oxygens (including phenoxy) is 2. The minimum atomic E-state index is -0.485. The molecule has 0 bridgehead atoms. The fourth-order valence-electron chi connectivity index (χ4n) is 3.23. The molecule has 1 heterocycles. The molecule has 6 nitrogen and oxygen atoms in total. The average molecular weight is 659 g/mol. The van der Waals surface area contributed by atoms with E-state index in [0.29, 0.717) is 47.1 Å². The van der Waals surface area contributed by atoms with Gasteiger partial charge >= 0.3 is 0 Å². The summed E-state index contributed by atoms with van der Waals surface area (Å²) in [5, 5.41) is 2.57. The molecule has 4 rings (SSSR count). The first kappa shape index (κ1) is 27.8. The molecule has 0 saturated carbocycles. The molecule has 2 amide bonds. The number of hydrazine groups is 1. The normalized spacial score (nSPS) is 14.3. The van der Waals surface area contributed by atoms with Gasteiger partial charge in [-0.3, -0.25) is 15.0 Å². The van der Waals surface area contributed by atoms with Crippen LogP contribution in [0.1, 0.15) is 21.5 Å². The molecule has 1 fully saturated rings. The van der Waals surface area contributed by atoms with Crippen molar-refractivity contribution in [3.8, 4) is 11.5 Å². The predicted octanol–water partition coefficient (Wildman–Crippen LogP) is 7.54. The number of thioether (sulfide) groups is 1. The van der Waals surface area contributed by atoms with Crippen LogP contribution < -0.4 is 14.9 Å². The van der Waals surface area contributed by atoms with Crippen molar-refractivity contribution >= 4 is 96.9 Å². The fraction of sp³-hybridized carbons (Fsp3) is 0.0800. The number of thiocarbonyl (C=S) groups is 1. The number of methoxy groups -OCH3 is 1. The van der Waals surface area contributed by atoms with Crippen molar-refractivity contribution in [3.63, 3.8) is 0 Å². The monoisotopic (exact) mass is 656 g/mol. The zero-order chi connectivity index (χ0) is 26.7. The molecular formula is C25H16BrCl3N2O4S2. The number of nitrogens with one attached hydrogen (secondary N) is 1. The van der Waals surface area contributed by atoms with Gasteiger partial charge in [0.1, 0.15) is 6.61 Å². The zero-order valence-electron chi connectivity index (χ0n) is 18.9. The van der Waals surface area contributed by atoms with Gasteiger partial charge in [0.2, 0.25) is 0 Å². The summed E-state index contributed by atoms with van der Waals surface area (Å²) in [6.45, 7) is 0.191. The van der Waals surface area contributed by atoms with Crippen LogP contribution in [0.25, 0.3) is 6.08 Å². The van der Waals surface area contributed by atoms with E-state index in [1.165, 1.54) is 7.11 Å². The highest BCUT2D eigenvalue weighted by Gasteiger charge is 2.34. The molecule has 1 aliphatic rings. The highest BCUT2D eigenvalue weighted by Crippen LogP contribution is 2.39. The van der Waals surface area contributed by atoms with Crippen LogP contribution >= 0.6 is 74.7 Å². The molecule has 0 aromatic heterocycles. The summed E-state index contributed by atoms with van der Waals surface area (Å²) in [6, 6.07) is 14.9. The van der Waals surface area contributed by atoms with Crippen LogP contribution in [0.4, 0.5) is 0 Å². The third kappa shape index (κ3) is 6.60. The number of benzene rings is 3. The Kier molecular flexibility index (Phi) is 9.05. The van der Waals surface area contributed by atoms with Crippen LogP contribution in [-0.2, 0) is 11.4 Å². The van der Waals surface area contributed by atoms with Crippen molar-refractivity contribution < 1.29 is 19.1 Å². The van der Waals surface area contributed by atoms with E-state index < -0.39 is 11.8 Å². The number of carbonyl (C=O) groups excluding carboxylic acids is 2. The maximum absolute atomic E-state index is 13.0.